The fourth-order valence-electron chi connectivity index (χ4n) is 2.05. The van der Waals surface area contributed by atoms with Crippen LogP contribution in [0.2, 0.25) is 0 Å². The number of carbonyl (C=O) groups is 1. The van der Waals surface area contributed by atoms with Gasteiger partial charge in [-0.15, -0.1) is 0 Å². The number of hydrogen-bond donors (Lipinski definition) is 2. The lowest BCUT2D eigenvalue weighted by atomic mass is 10.1. The van der Waals surface area contributed by atoms with Crippen molar-refractivity contribution in [2.45, 2.75) is 13.5 Å². The predicted molar refractivity (Wildman–Crippen MR) is 80.3 cm³/mol. The number of carbonyl (C=O) groups excluding carboxylic acids is 1. The lowest BCUT2D eigenvalue weighted by molar-refractivity contribution is 0.100. The summed E-state index contributed by atoms with van der Waals surface area (Å²) in [6, 6.07) is 10.9. The third-order valence-corrected chi connectivity index (χ3v) is 3.11. The van der Waals surface area contributed by atoms with Crippen LogP contribution < -0.4 is 16.4 Å². The van der Waals surface area contributed by atoms with Gasteiger partial charge in [0.1, 0.15) is 0 Å². The van der Waals surface area contributed by atoms with Crippen molar-refractivity contribution in [2.75, 3.05) is 17.2 Å². The summed E-state index contributed by atoms with van der Waals surface area (Å²) in [4.78, 5) is 17.5. The molecule has 0 radical (unpaired) electrons. The Bertz CT molecular complexity index is 598. The van der Waals surface area contributed by atoms with Crippen molar-refractivity contribution < 1.29 is 4.79 Å². The van der Waals surface area contributed by atoms with Crippen LogP contribution in [0, 0.1) is 0 Å². The molecule has 5 heteroatoms. The number of nitrogens with zero attached hydrogens (tertiary/aromatic N) is 2. The SMILES string of the molecule is CCN(Cc1ccccn1)c1ccc(C(N)=O)cc1N. The Hall–Kier alpha value is -2.56. The van der Waals surface area contributed by atoms with Gasteiger partial charge in [-0.25, -0.2) is 0 Å². The first kappa shape index (κ1) is 13.9. The fraction of sp³-hybridized carbons (Fsp3) is 0.200. The molecule has 0 unspecified atom stereocenters. The van der Waals surface area contributed by atoms with E-state index in [1.54, 1.807) is 18.3 Å². The lowest BCUT2D eigenvalue weighted by Crippen LogP contribution is -2.24. The highest BCUT2D eigenvalue weighted by Crippen LogP contribution is 2.25. The Kier molecular flexibility index (Phi) is 4.20. The molecule has 5 nitrogen and oxygen atoms in total. The Balaban J connectivity index is 2.26. The van der Waals surface area contributed by atoms with Gasteiger partial charge in [-0.2, -0.15) is 0 Å². The molecular weight excluding hydrogens is 252 g/mol. The second kappa shape index (κ2) is 6.06. The highest BCUT2D eigenvalue weighted by Gasteiger charge is 2.11. The first-order chi connectivity index (χ1) is 9.61. The molecule has 0 aliphatic carbocycles. The van der Waals surface area contributed by atoms with Crippen LogP contribution in [0.25, 0.3) is 0 Å². The molecular formula is C15H18N4O. The average molecular weight is 270 g/mol. The van der Waals surface area contributed by atoms with Crippen LogP contribution in [0.1, 0.15) is 23.0 Å². The van der Waals surface area contributed by atoms with Gasteiger partial charge in [-0.05, 0) is 37.3 Å². The molecule has 4 N–H and O–H groups in total. The number of anilines is 2. The monoisotopic (exact) mass is 270 g/mol. The summed E-state index contributed by atoms with van der Waals surface area (Å²) in [5.74, 6) is -0.476. The van der Waals surface area contributed by atoms with Gasteiger partial charge < -0.3 is 16.4 Å². The van der Waals surface area contributed by atoms with Gasteiger partial charge in [-0.3, -0.25) is 9.78 Å². The van der Waals surface area contributed by atoms with E-state index in [0.717, 1.165) is 17.9 Å². The Morgan fingerprint density at radius 1 is 1.30 bits per heavy atom. The normalized spacial score (nSPS) is 10.2. The molecule has 2 aromatic rings. The Morgan fingerprint density at radius 2 is 2.10 bits per heavy atom. The van der Waals surface area contributed by atoms with E-state index in [1.807, 2.05) is 31.2 Å². The number of nitrogen functional groups attached to an aromatic ring is 1. The van der Waals surface area contributed by atoms with E-state index in [4.69, 9.17) is 11.5 Å². The van der Waals surface area contributed by atoms with Crippen molar-refractivity contribution in [2.24, 2.45) is 5.73 Å². The summed E-state index contributed by atoms with van der Waals surface area (Å²) < 4.78 is 0. The van der Waals surface area contributed by atoms with E-state index in [0.29, 0.717) is 17.8 Å². The minimum absolute atomic E-state index is 0.417. The van der Waals surface area contributed by atoms with Crippen molar-refractivity contribution in [1.82, 2.24) is 4.98 Å². The minimum Gasteiger partial charge on any atom is -0.397 e. The molecule has 0 spiro atoms. The maximum Gasteiger partial charge on any atom is 0.248 e. The zero-order valence-electron chi connectivity index (χ0n) is 11.4. The van der Waals surface area contributed by atoms with Crippen LogP contribution in [0.15, 0.2) is 42.6 Å². The van der Waals surface area contributed by atoms with Crippen LogP contribution in [0.5, 0.6) is 0 Å². The number of hydrogen-bond acceptors (Lipinski definition) is 4. The maximum absolute atomic E-state index is 11.1. The Morgan fingerprint density at radius 3 is 2.65 bits per heavy atom. The van der Waals surface area contributed by atoms with E-state index in [-0.39, 0.29) is 0 Å². The molecule has 20 heavy (non-hydrogen) atoms. The minimum atomic E-state index is -0.476. The number of amides is 1. The van der Waals surface area contributed by atoms with Crippen LogP contribution in [-0.2, 0) is 6.54 Å². The van der Waals surface area contributed by atoms with Gasteiger partial charge in [0.15, 0.2) is 0 Å². The number of rotatable bonds is 5. The van der Waals surface area contributed by atoms with Gasteiger partial charge in [0.05, 0.1) is 23.6 Å². The summed E-state index contributed by atoms with van der Waals surface area (Å²) >= 11 is 0. The van der Waals surface area contributed by atoms with Crippen molar-refractivity contribution in [3.05, 3.63) is 53.9 Å². The molecule has 0 atom stereocenters. The van der Waals surface area contributed by atoms with Gasteiger partial charge in [0.25, 0.3) is 0 Å². The zero-order valence-corrected chi connectivity index (χ0v) is 11.4. The van der Waals surface area contributed by atoms with Crippen molar-refractivity contribution in [3.63, 3.8) is 0 Å². The van der Waals surface area contributed by atoms with Crippen LogP contribution >= 0.6 is 0 Å². The summed E-state index contributed by atoms with van der Waals surface area (Å²) in [5, 5.41) is 0. The maximum atomic E-state index is 11.1. The number of benzene rings is 1. The van der Waals surface area contributed by atoms with Crippen LogP contribution in [-0.4, -0.2) is 17.4 Å². The lowest BCUT2D eigenvalue weighted by Gasteiger charge is -2.24. The molecule has 0 aliphatic heterocycles. The third-order valence-electron chi connectivity index (χ3n) is 3.11. The van der Waals surface area contributed by atoms with E-state index < -0.39 is 5.91 Å². The van der Waals surface area contributed by atoms with E-state index in [9.17, 15) is 4.79 Å². The molecule has 0 bridgehead atoms. The fourth-order valence-corrected chi connectivity index (χ4v) is 2.05. The van der Waals surface area contributed by atoms with Crippen LogP contribution in [0.3, 0.4) is 0 Å². The summed E-state index contributed by atoms with van der Waals surface area (Å²) in [6.07, 6.45) is 1.77. The van der Waals surface area contributed by atoms with Crippen molar-refractivity contribution in [1.29, 1.82) is 0 Å². The van der Waals surface area contributed by atoms with Gasteiger partial charge in [-0.1, -0.05) is 6.07 Å². The number of aromatic nitrogens is 1. The quantitative estimate of drug-likeness (QED) is 0.811. The second-order valence-electron chi connectivity index (χ2n) is 4.47. The standard InChI is InChI=1S/C15H18N4O/c1-2-19(10-12-5-3-4-8-18-12)14-7-6-11(15(17)20)9-13(14)16/h3-9H,2,10,16H2,1H3,(H2,17,20). The molecule has 1 heterocycles. The van der Waals surface area contributed by atoms with E-state index >= 15 is 0 Å². The summed E-state index contributed by atoms with van der Waals surface area (Å²) in [6.45, 7) is 3.50. The third kappa shape index (κ3) is 3.06. The second-order valence-corrected chi connectivity index (χ2v) is 4.47. The number of pyridine rings is 1. The molecule has 1 aromatic heterocycles. The molecule has 1 amide bonds. The average Bonchev–Trinajstić information content (AvgIpc) is 2.46. The van der Waals surface area contributed by atoms with E-state index in [2.05, 4.69) is 9.88 Å². The first-order valence-corrected chi connectivity index (χ1v) is 6.46. The van der Waals surface area contributed by atoms with Crippen molar-refractivity contribution >= 4 is 17.3 Å². The summed E-state index contributed by atoms with van der Waals surface area (Å²) in [5.41, 5.74) is 14.1. The van der Waals surface area contributed by atoms with Gasteiger partial charge >= 0.3 is 0 Å². The largest absolute Gasteiger partial charge is 0.397 e. The van der Waals surface area contributed by atoms with Gasteiger partial charge in [0.2, 0.25) is 5.91 Å². The topological polar surface area (TPSA) is 85.2 Å². The summed E-state index contributed by atoms with van der Waals surface area (Å²) in [7, 11) is 0. The number of primary amides is 1. The highest BCUT2D eigenvalue weighted by molar-refractivity contribution is 5.94. The zero-order chi connectivity index (χ0) is 14.5. The molecule has 0 aliphatic rings. The molecule has 104 valence electrons. The Labute approximate surface area is 118 Å². The smallest absolute Gasteiger partial charge is 0.248 e. The van der Waals surface area contributed by atoms with Crippen LogP contribution in [0.4, 0.5) is 11.4 Å². The molecule has 0 saturated carbocycles. The highest BCUT2D eigenvalue weighted by atomic mass is 16.1. The molecule has 0 fully saturated rings. The van der Waals surface area contributed by atoms with E-state index in [1.165, 1.54) is 0 Å². The molecule has 2 rings (SSSR count). The number of nitrogens with two attached hydrogens (primary N) is 2. The first-order valence-electron chi connectivity index (χ1n) is 6.46. The van der Waals surface area contributed by atoms with Gasteiger partial charge in [0, 0.05) is 18.3 Å². The molecule has 1 aromatic carbocycles. The van der Waals surface area contributed by atoms with Crippen molar-refractivity contribution in [3.8, 4) is 0 Å². The predicted octanol–water partition coefficient (Wildman–Crippen LogP) is 1.79. The molecule has 0 saturated heterocycles.